The highest BCUT2D eigenvalue weighted by molar-refractivity contribution is 9.09. The smallest absolute Gasteiger partial charge is 0.322 e. The van der Waals surface area contributed by atoms with Crippen LogP contribution in [-0.2, 0) is 19.1 Å². The molecule has 0 aromatic rings. The lowest BCUT2D eigenvalue weighted by molar-refractivity contribution is -0.153. The van der Waals surface area contributed by atoms with Crippen LogP contribution in [0.3, 0.4) is 0 Å². The maximum absolute atomic E-state index is 11.9. The number of methoxy groups -OCH3 is 1. The summed E-state index contributed by atoms with van der Waals surface area (Å²) in [4.78, 5) is 23.6. The zero-order valence-corrected chi connectivity index (χ0v) is 14.3. The van der Waals surface area contributed by atoms with E-state index >= 15 is 0 Å². The number of carbonyl (C=O) groups excluding carboxylic acids is 2. The predicted octanol–water partition coefficient (Wildman–Crippen LogP) is 2.17. The van der Waals surface area contributed by atoms with Crippen molar-refractivity contribution < 1.29 is 19.1 Å². The Hall–Kier alpha value is -0.620. The summed E-state index contributed by atoms with van der Waals surface area (Å²) < 4.78 is 10.6. The van der Waals surface area contributed by atoms with Gasteiger partial charge in [0, 0.05) is 17.8 Å². The number of cyclic esters (lactones) is 1. The lowest BCUT2D eigenvalue weighted by atomic mass is 9.83. The number of rotatable bonds is 6. The van der Waals surface area contributed by atoms with Gasteiger partial charge in [-0.3, -0.25) is 14.9 Å². The van der Waals surface area contributed by atoms with E-state index in [1.807, 2.05) is 6.92 Å². The Labute approximate surface area is 134 Å². The van der Waals surface area contributed by atoms with Crippen molar-refractivity contribution in [2.24, 2.45) is 5.92 Å². The molecule has 5 nitrogen and oxygen atoms in total. The minimum Gasteiger partial charge on any atom is -0.468 e. The van der Waals surface area contributed by atoms with E-state index in [1.165, 1.54) is 7.11 Å². The van der Waals surface area contributed by atoms with Crippen molar-refractivity contribution in [1.82, 2.24) is 5.32 Å². The fourth-order valence-electron chi connectivity index (χ4n) is 3.49. The molecular formula is C15H24BrNO4. The number of hydrogen-bond donors (Lipinski definition) is 1. The third-order valence-corrected chi connectivity index (χ3v) is 5.17. The van der Waals surface area contributed by atoms with Crippen LogP contribution in [0.25, 0.3) is 0 Å². The molecule has 4 atom stereocenters. The maximum Gasteiger partial charge on any atom is 0.322 e. The Kier molecular flexibility index (Phi) is 5.66. The van der Waals surface area contributed by atoms with Gasteiger partial charge in [-0.1, -0.05) is 22.9 Å². The standard InChI is InChI=1S/C15H24BrNO4/c1-10-9-15(21-13(10)18,7-3-4-8-16)12-6-5-11(17-12)14(19)20-2/h10-12,17H,3-9H2,1-2H3/t10-,11+,12+,15+/m1/s1. The fourth-order valence-corrected chi connectivity index (χ4v) is 3.89. The summed E-state index contributed by atoms with van der Waals surface area (Å²) in [6.07, 6.45) is 5.23. The molecule has 0 aromatic heterocycles. The van der Waals surface area contributed by atoms with Gasteiger partial charge in [0.15, 0.2) is 0 Å². The molecule has 120 valence electrons. The Morgan fingerprint density at radius 3 is 2.81 bits per heavy atom. The highest BCUT2D eigenvalue weighted by Gasteiger charge is 2.52. The van der Waals surface area contributed by atoms with E-state index in [4.69, 9.17) is 9.47 Å². The molecule has 2 heterocycles. The average molecular weight is 362 g/mol. The van der Waals surface area contributed by atoms with E-state index in [9.17, 15) is 9.59 Å². The molecule has 2 fully saturated rings. The zero-order chi connectivity index (χ0) is 15.5. The fraction of sp³-hybridized carbons (Fsp3) is 0.867. The Balaban J connectivity index is 2.06. The minimum absolute atomic E-state index is 0.0471. The summed E-state index contributed by atoms with van der Waals surface area (Å²) in [6, 6.07) is -0.228. The number of carbonyl (C=O) groups is 2. The highest BCUT2D eigenvalue weighted by Crippen LogP contribution is 2.41. The molecule has 0 bridgehead atoms. The summed E-state index contributed by atoms with van der Waals surface area (Å²) in [5.74, 6) is -0.407. The molecule has 2 saturated heterocycles. The van der Waals surface area contributed by atoms with Gasteiger partial charge in [-0.05, 0) is 32.1 Å². The third kappa shape index (κ3) is 3.59. The predicted molar refractivity (Wildman–Crippen MR) is 82.2 cm³/mol. The van der Waals surface area contributed by atoms with E-state index < -0.39 is 5.60 Å². The van der Waals surface area contributed by atoms with Gasteiger partial charge in [0.05, 0.1) is 13.0 Å². The number of nitrogens with one attached hydrogen (secondary N) is 1. The normalized spacial score (nSPS) is 35.8. The highest BCUT2D eigenvalue weighted by atomic mass is 79.9. The van der Waals surface area contributed by atoms with E-state index in [2.05, 4.69) is 21.2 Å². The van der Waals surface area contributed by atoms with Crippen LogP contribution >= 0.6 is 15.9 Å². The van der Waals surface area contributed by atoms with Crippen LogP contribution in [0.2, 0.25) is 0 Å². The first kappa shape index (κ1) is 16.7. The Bertz CT molecular complexity index is 403. The second kappa shape index (κ2) is 7.09. The van der Waals surface area contributed by atoms with Crippen LogP contribution in [0, 0.1) is 5.92 Å². The van der Waals surface area contributed by atoms with Gasteiger partial charge in [-0.15, -0.1) is 0 Å². The summed E-state index contributed by atoms with van der Waals surface area (Å²) in [6.45, 7) is 1.92. The molecule has 0 radical (unpaired) electrons. The van der Waals surface area contributed by atoms with E-state index in [0.29, 0.717) is 0 Å². The van der Waals surface area contributed by atoms with Crippen LogP contribution in [0.15, 0.2) is 0 Å². The topological polar surface area (TPSA) is 64.6 Å². The van der Waals surface area contributed by atoms with Crippen LogP contribution in [0.1, 0.15) is 45.4 Å². The average Bonchev–Trinajstić information content (AvgIpc) is 3.05. The molecule has 0 aromatic carbocycles. The number of ether oxygens (including phenoxy) is 2. The van der Waals surface area contributed by atoms with Crippen LogP contribution in [0.4, 0.5) is 0 Å². The molecular weight excluding hydrogens is 338 g/mol. The van der Waals surface area contributed by atoms with Crippen molar-refractivity contribution >= 4 is 27.9 Å². The molecule has 0 amide bonds. The summed E-state index contributed by atoms with van der Waals surface area (Å²) in [7, 11) is 1.40. The van der Waals surface area contributed by atoms with Crippen LogP contribution in [-0.4, -0.2) is 42.1 Å². The second-order valence-electron chi connectivity index (χ2n) is 6.11. The van der Waals surface area contributed by atoms with Crippen molar-refractivity contribution in [1.29, 1.82) is 0 Å². The van der Waals surface area contributed by atoms with Gasteiger partial charge in [0.1, 0.15) is 11.6 Å². The Morgan fingerprint density at radius 1 is 1.48 bits per heavy atom. The number of esters is 2. The largest absolute Gasteiger partial charge is 0.468 e. The summed E-state index contributed by atoms with van der Waals surface area (Å²) in [5, 5.41) is 4.28. The van der Waals surface area contributed by atoms with Gasteiger partial charge in [0.2, 0.25) is 0 Å². The first-order valence-corrected chi connectivity index (χ1v) is 8.77. The lowest BCUT2D eigenvalue weighted by Crippen LogP contribution is -2.50. The van der Waals surface area contributed by atoms with E-state index in [1.54, 1.807) is 0 Å². The first-order chi connectivity index (χ1) is 10.0. The molecule has 2 rings (SSSR count). The van der Waals surface area contributed by atoms with Crippen molar-refractivity contribution in [2.75, 3.05) is 12.4 Å². The van der Waals surface area contributed by atoms with Gasteiger partial charge in [0.25, 0.3) is 0 Å². The number of hydrogen-bond acceptors (Lipinski definition) is 5. The maximum atomic E-state index is 11.9. The molecule has 0 saturated carbocycles. The second-order valence-corrected chi connectivity index (χ2v) is 6.90. The van der Waals surface area contributed by atoms with Gasteiger partial charge >= 0.3 is 11.9 Å². The van der Waals surface area contributed by atoms with Crippen molar-refractivity contribution in [3.05, 3.63) is 0 Å². The molecule has 0 unspecified atom stereocenters. The number of unbranched alkanes of at least 4 members (excludes halogenated alkanes) is 1. The quantitative estimate of drug-likeness (QED) is 0.446. The SMILES string of the molecule is COC(=O)[C@@H]1CC[C@@H]([C@]2(CCCCBr)C[C@@H](C)C(=O)O2)N1. The van der Waals surface area contributed by atoms with Gasteiger partial charge < -0.3 is 9.47 Å². The van der Waals surface area contributed by atoms with Crippen molar-refractivity contribution in [3.8, 4) is 0 Å². The van der Waals surface area contributed by atoms with Crippen molar-refractivity contribution in [3.63, 3.8) is 0 Å². The summed E-state index contributed by atoms with van der Waals surface area (Å²) >= 11 is 3.44. The molecule has 0 spiro atoms. The Morgan fingerprint density at radius 2 is 2.24 bits per heavy atom. The molecule has 6 heteroatoms. The van der Waals surface area contributed by atoms with E-state index in [0.717, 1.165) is 43.9 Å². The van der Waals surface area contributed by atoms with Crippen LogP contribution in [0.5, 0.6) is 0 Å². The summed E-state index contributed by atoms with van der Waals surface area (Å²) in [5.41, 5.74) is -0.457. The number of alkyl halides is 1. The molecule has 2 aliphatic heterocycles. The lowest BCUT2D eigenvalue weighted by Gasteiger charge is -2.34. The van der Waals surface area contributed by atoms with Gasteiger partial charge in [-0.25, -0.2) is 0 Å². The van der Waals surface area contributed by atoms with Gasteiger partial charge in [-0.2, -0.15) is 0 Å². The molecule has 21 heavy (non-hydrogen) atoms. The first-order valence-electron chi connectivity index (χ1n) is 7.65. The van der Waals surface area contributed by atoms with Crippen molar-refractivity contribution in [2.45, 2.75) is 63.1 Å². The molecule has 1 N–H and O–H groups in total. The zero-order valence-electron chi connectivity index (χ0n) is 12.7. The molecule has 0 aliphatic carbocycles. The number of halogens is 1. The van der Waals surface area contributed by atoms with E-state index in [-0.39, 0.29) is 29.9 Å². The van der Waals surface area contributed by atoms with Crippen LogP contribution < -0.4 is 5.32 Å². The minimum atomic E-state index is -0.457. The third-order valence-electron chi connectivity index (χ3n) is 4.61. The molecule has 2 aliphatic rings. The monoisotopic (exact) mass is 361 g/mol.